The smallest absolute Gasteiger partial charge is 0.348 e. The SMILES string of the molecule is [C-]#[N+]c1ccc(-c2cc3n(c2)Cc2cc(N/N=C/C(=O)O)ccc2-n2ccnc2-3)cc1. The Morgan fingerprint density at radius 2 is 2.03 bits per heavy atom. The van der Waals surface area contributed by atoms with Gasteiger partial charge in [-0.05, 0) is 35.4 Å². The van der Waals surface area contributed by atoms with Gasteiger partial charge < -0.3 is 9.67 Å². The topological polar surface area (TPSA) is 88.8 Å². The van der Waals surface area contributed by atoms with Crippen LogP contribution in [0.25, 0.3) is 33.2 Å². The van der Waals surface area contributed by atoms with E-state index >= 15 is 0 Å². The van der Waals surface area contributed by atoms with Crippen LogP contribution in [0.2, 0.25) is 0 Å². The van der Waals surface area contributed by atoms with Crippen molar-refractivity contribution in [2.45, 2.75) is 6.54 Å². The third-order valence-electron chi connectivity index (χ3n) is 5.14. The van der Waals surface area contributed by atoms with Gasteiger partial charge in [0.1, 0.15) is 6.21 Å². The second kappa shape index (κ2) is 7.31. The van der Waals surface area contributed by atoms with E-state index in [2.05, 4.69) is 37.2 Å². The number of hydrogen-bond acceptors (Lipinski definition) is 4. The van der Waals surface area contributed by atoms with Crippen molar-refractivity contribution in [3.05, 3.63) is 84.1 Å². The molecule has 8 nitrogen and oxygen atoms in total. The minimum Gasteiger partial charge on any atom is -0.477 e. The van der Waals surface area contributed by atoms with Crippen LogP contribution in [0.4, 0.5) is 11.4 Å². The molecule has 0 atom stereocenters. The number of imidazole rings is 1. The summed E-state index contributed by atoms with van der Waals surface area (Å²) in [4.78, 5) is 18.7. The van der Waals surface area contributed by atoms with Crippen LogP contribution in [0.1, 0.15) is 5.56 Å². The highest BCUT2D eigenvalue weighted by Gasteiger charge is 2.21. The quantitative estimate of drug-likeness (QED) is 0.262. The van der Waals surface area contributed by atoms with Gasteiger partial charge in [0.25, 0.3) is 0 Å². The first-order valence-corrected chi connectivity index (χ1v) is 9.49. The number of carboxylic acids is 1. The molecule has 0 aliphatic carbocycles. The zero-order valence-corrected chi connectivity index (χ0v) is 16.2. The van der Waals surface area contributed by atoms with Crippen molar-refractivity contribution in [1.29, 1.82) is 0 Å². The van der Waals surface area contributed by atoms with Crippen molar-refractivity contribution in [3.8, 4) is 28.3 Å². The molecule has 5 rings (SSSR count). The normalized spacial score (nSPS) is 11.8. The van der Waals surface area contributed by atoms with Gasteiger partial charge in [0.05, 0.1) is 23.6 Å². The minimum absolute atomic E-state index is 0.611. The van der Waals surface area contributed by atoms with E-state index in [4.69, 9.17) is 11.7 Å². The standard InChI is InChI=1S/C23H16N6O2/c1-24-18-4-2-15(3-5-18)16-11-21-23-25-8-9-29(23)20-7-6-19(27-26-12-22(30)31)10-17(20)14-28(21)13-16/h2-13,27H,14H2,(H,30,31)/b26-12+. The summed E-state index contributed by atoms with van der Waals surface area (Å²) in [6.07, 6.45) is 6.60. The third kappa shape index (κ3) is 3.34. The minimum atomic E-state index is -1.11. The summed E-state index contributed by atoms with van der Waals surface area (Å²) in [6.45, 7) is 7.75. The molecule has 1 aliphatic heterocycles. The Kier molecular flexibility index (Phi) is 4.34. The second-order valence-electron chi connectivity index (χ2n) is 7.07. The molecule has 2 aromatic heterocycles. The summed E-state index contributed by atoms with van der Waals surface area (Å²) < 4.78 is 4.19. The average Bonchev–Trinajstić information content (AvgIpc) is 3.39. The van der Waals surface area contributed by atoms with E-state index in [1.54, 1.807) is 6.20 Å². The van der Waals surface area contributed by atoms with Gasteiger partial charge in [0, 0.05) is 30.7 Å². The lowest BCUT2D eigenvalue weighted by Gasteiger charge is -2.11. The maximum Gasteiger partial charge on any atom is 0.348 e. The zero-order valence-electron chi connectivity index (χ0n) is 16.2. The highest BCUT2D eigenvalue weighted by Crippen LogP contribution is 2.35. The first kappa shape index (κ1) is 18.4. The van der Waals surface area contributed by atoms with E-state index < -0.39 is 5.97 Å². The van der Waals surface area contributed by atoms with Crippen LogP contribution in [0.3, 0.4) is 0 Å². The first-order chi connectivity index (χ1) is 15.1. The molecule has 0 saturated carbocycles. The van der Waals surface area contributed by atoms with E-state index in [-0.39, 0.29) is 0 Å². The number of rotatable bonds is 4. The number of carboxylic acid groups (broad SMARTS) is 1. The summed E-state index contributed by atoms with van der Waals surface area (Å²) >= 11 is 0. The molecular weight excluding hydrogens is 392 g/mol. The number of nitrogens with zero attached hydrogens (tertiary/aromatic N) is 5. The average molecular weight is 408 g/mol. The number of aliphatic carboxylic acids is 1. The van der Waals surface area contributed by atoms with E-state index in [0.717, 1.165) is 40.1 Å². The number of fused-ring (bicyclic) bond motifs is 5. The van der Waals surface area contributed by atoms with Crippen molar-refractivity contribution in [2.24, 2.45) is 5.10 Å². The van der Waals surface area contributed by atoms with E-state index in [9.17, 15) is 4.79 Å². The number of hydrazone groups is 1. The van der Waals surface area contributed by atoms with Gasteiger partial charge in [-0.25, -0.2) is 14.6 Å². The number of anilines is 1. The Bertz CT molecular complexity index is 1370. The van der Waals surface area contributed by atoms with Gasteiger partial charge in [0.2, 0.25) is 0 Å². The predicted octanol–water partition coefficient (Wildman–Crippen LogP) is 4.40. The fraction of sp³-hybridized carbons (Fsp3) is 0.0435. The monoisotopic (exact) mass is 408 g/mol. The molecule has 3 heterocycles. The lowest BCUT2D eigenvalue weighted by atomic mass is 10.1. The number of nitrogens with one attached hydrogen (secondary N) is 1. The Hall–Kier alpha value is -4.64. The molecule has 0 spiro atoms. The molecule has 4 aromatic rings. The Balaban J connectivity index is 1.56. The number of hydrogen-bond donors (Lipinski definition) is 2. The van der Waals surface area contributed by atoms with Crippen molar-refractivity contribution in [3.63, 3.8) is 0 Å². The van der Waals surface area contributed by atoms with Crippen LogP contribution in [-0.2, 0) is 11.3 Å². The molecule has 1 aliphatic rings. The van der Waals surface area contributed by atoms with Crippen molar-refractivity contribution in [1.82, 2.24) is 14.1 Å². The van der Waals surface area contributed by atoms with Gasteiger partial charge in [-0.15, -0.1) is 0 Å². The first-order valence-electron chi connectivity index (χ1n) is 9.49. The molecule has 0 radical (unpaired) electrons. The van der Waals surface area contributed by atoms with Gasteiger partial charge in [-0.2, -0.15) is 5.10 Å². The molecule has 0 bridgehead atoms. The fourth-order valence-electron chi connectivity index (χ4n) is 3.76. The summed E-state index contributed by atoms with van der Waals surface area (Å²) in [5, 5.41) is 12.5. The Morgan fingerprint density at radius 3 is 2.81 bits per heavy atom. The summed E-state index contributed by atoms with van der Waals surface area (Å²) in [7, 11) is 0. The molecule has 31 heavy (non-hydrogen) atoms. The van der Waals surface area contributed by atoms with Crippen LogP contribution in [0.5, 0.6) is 0 Å². The number of aromatic nitrogens is 3. The maximum absolute atomic E-state index is 10.7. The molecule has 0 unspecified atom stereocenters. The molecule has 8 heteroatoms. The van der Waals surface area contributed by atoms with E-state index in [1.165, 1.54) is 0 Å². The lowest BCUT2D eigenvalue weighted by molar-refractivity contribution is -0.128. The summed E-state index contributed by atoms with van der Waals surface area (Å²) in [5.41, 5.74) is 9.18. The molecule has 0 amide bonds. The van der Waals surface area contributed by atoms with Crippen molar-refractivity contribution < 1.29 is 9.90 Å². The summed E-state index contributed by atoms with van der Waals surface area (Å²) in [6, 6.07) is 15.4. The molecule has 0 saturated heterocycles. The van der Waals surface area contributed by atoms with Gasteiger partial charge >= 0.3 is 5.97 Å². The van der Waals surface area contributed by atoms with Crippen LogP contribution >= 0.6 is 0 Å². The van der Waals surface area contributed by atoms with Crippen molar-refractivity contribution >= 4 is 23.6 Å². The maximum atomic E-state index is 10.7. The Labute approximate surface area is 177 Å². The van der Waals surface area contributed by atoms with Gasteiger partial charge in [-0.3, -0.25) is 9.99 Å². The molecular formula is C23H16N6O2. The number of benzene rings is 2. The van der Waals surface area contributed by atoms with Crippen LogP contribution in [0, 0.1) is 6.57 Å². The highest BCUT2D eigenvalue weighted by atomic mass is 16.4. The largest absolute Gasteiger partial charge is 0.477 e. The lowest BCUT2D eigenvalue weighted by Crippen LogP contribution is -2.02. The van der Waals surface area contributed by atoms with Gasteiger partial charge in [-0.1, -0.05) is 24.3 Å². The highest BCUT2D eigenvalue weighted by molar-refractivity contribution is 6.22. The second-order valence-corrected chi connectivity index (χ2v) is 7.07. The molecule has 2 N–H and O–H groups in total. The van der Waals surface area contributed by atoms with Crippen molar-refractivity contribution in [2.75, 3.05) is 5.43 Å². The number of carbonyl (C=O) groups is 1. The van der Waals surface area contributed by atoms with Crippen LogP contribution in [-0.4, -0.2) is 31.4 Å². The zero-order chi connectivity index (χ0) is 21.4. The molecule has 150 valence electrons. The summed E-state index contributed by atoms with van der Waals surface area (Å²) in [5.74, 6) is -0.272. The Morgan fingerprint density at radius 1 is 1.19 bits per heavy atom. The van der Waals surface area contributed by atoms with E-state index in [1.807, 2.05) is 53.2 Å². The van der Waals surface area contributed by atoms with Gasteiger partial charge in [0.15, 0.2) is 11.5 Å². The van der Waals surface area contributed by atoms with Crippen LogP contribution in [0.15, 0.2) is 72.2 Å². The predicted molar refractivity (Wildman–Crippen MR) is 118 cm³/mol. The molecule has 0 fully saturated rings. The fourth-order valence-corrected chi connectivity index (χ4v) is 3.76. The van der Waals surface area contributed by atoms with Crippen LogP contribution < -0.4 is 5.43 Å². The molecule has 2 aromatic carbocycles. The van der Waals surface area contributed by atoms with E-state index in [0.29, 0.717) is 17.9 Å². The third-order valence-corrected chi connectivity index (χ3v) is 5.14.